The maximum absolute atomic E-state index is 12.2. The molecule has 0 atom stereocenters. The molecule has 0 spiro atoms. The van der Waals surface area contributed by atoms with Crippen LogP contribution in [0.25, 0.3) is 11.5 Å². The summed E-state index contributed by atoms with van der Waals surface area (Å²) in [5.74, 6) is 0.804. The van der Waals surface area contributed by atoms with E-state index in [-0.39, 0.29) is 5.91 Å². The normalized spacial score (nSPS) is 10.7. The number of hydrogen-bond acceptors (Lipinski definition) is 4. The Morgan fingerprint density at radius 3 is 2.56 bits per heavy atom. The fourth-order valence-electron chi connectivity index (χ4n) is 2.33. The molecule has 0 saturated carbocycles. The molecule has 3 rings (SSSR count). The van der Waals surface area contributed by atoms with Gasteiger partial charge in [0.1, 0.15) is 0 Å². The van der Waals surface area contributed by atoms with Gasteiger partial charge in [0, 0.05) is 29.1 Å². The zero-order chi connectivity index (χ0) is 17.8. The number of rotatable bonds is 5. The molecule has 0 aliphatic heterocycles. The van der Waals surface area contributed by atoms with Gasteiger partial charge in [0.05, 0.1) is 0 Å². The van der Waals surface area contributed by atoms with Crippen LogP contribution in [0.1, 0.15) is 27.4 Å². The lowest BCUT2D eigenvalue weighted by Gasteiger charge is -2.06. The maximum Gasteiger partial charge on any atom is 0.251 e. The van der Waals surface area contributed by atoms with Crippen LogP contribution in [0.4, 0.5) is 0 Å². The lowest BCUT2D eigenvalue weighted by molar-refractivity contribution is 0.0953. The number of amides is 1. The van der Waals surface area contributed by atoms with E-state index in [0.717, 1.165) is 16.7 Å². The van der Waals surface area contributed by atoms with Crippen LogP contribution in [0.15, 0.2) is 46.9 Å². The molecule has 0 unspecified atom stereocenters. The Morgan fingerprint density at radius 1 is 1.08 bits per heavy atom. The molecule has 128 valence electrons. The Morgan fingerprint density at radius 2 is 1.84 bits per heavy atom. The number of halogens is 1. The second-order valence-corrected chi connectivity index (χ2v) is 6.25. The van der Waals surface area contributed by atoms with Gasteiger partial charge in [-0.25, -0.2) is 0 Å². The summed E-state index contributed by atoms with van der Waals surface area (Å²) in [5, 5.41) is 11.5. The number of nitrogens with one attached hydrogen (secondary N) is 1. The third-order valence-corrected chi connectivity index (χ3v) is 4.20. The predicted molar refractivity (Wildman–Crippen MR) is 96.7 cm³/mol. The minimum Gasteiger partial charge on any atom is -0.421 e. The summed E-state index contributed by atoms with van der Waals surface area (Å²) < 4.78 is 5.62. The topological polar surface area (TPSA) is 68.0 Å². The molecule has 6 heteroatoms. The summed E-state index contributed by atoms with van der Waals surface area (Å²) in [4.78, 5) is 12.2. The molecule has 3 aromatic rings. The zero-order valence-corrected chi connectivity index (χ0v) is 14.8. The monoisotopic (exact) mass is 355 g/mol. The van der Waals surface area contributed by atoms with Crippen LogP contribution in [-0.4, -0.2) is 22.6 Å². The van der Waals surface area contributed by atoms with Crippen molar-refractivity contribution >= 4 is 17.5 Å². The lowest BCUT2D eigenvalue weighted by atomic mass is 10.1. The summed E-state index contributed by atoms with van der Waals surface area (Å²) in [5.41, 5.74) is 3.71. The first kappa shape index (κ1) is 17.2. The van der Waals surface area contributed by atoms with Gasteiger partial charge >= 0.3 is 0 Å². The number of benzene rings is 2. The highest BCUT2D eigenvalue weighted by atomic mass is 35.5. The van der Waals surface area contributed by atoms with Gasteiger partial charge in [-0.3, -0.25) is 4.79 Å². The van der Waals surface area contributed by atoms with E-state index in [1.54, 1.807) is 12.1 Å². The average Bonchev–Trinajstić information content (AvgIpc) is 3.06. The molecule has 0 fully saturated rings. The standard InChI is InChI=1S/C19H18ClN3O2/c1-12-3-4-15(11-13(12)2)18(24)21-10-9-17-22-23-19(25-17)14-5-7-16(20)8-6-14/h3-8,11H,9-10H2,1-2H3,(H,21,24). The van der Waals surface area contributed by atoms with Crippen LogP contribution >= 0.6 is 11.6 Å². The number of nitrogens with zero attached hydrogens (tertiary/aromatic N) is 2. The van der Waals surface area contributed by atoms with E-state index in [1.807, 2.05) is 44.2 Å². The average molecular weight is 356 g/mol. The summed E-state index contributed by atoms with van der Waals surface area (Å²) in [7, 11) is 0. The van der Waals surface area contributed by atoms with Crippen molar-refractivity contribution in [3.05, 3.63) is 70.1 Å². The Bertz CT molecular complexity index is 888. The second-order valence-electron chi connectivity index (χ2n) is 5.81. The molecule has 1 heterocycles. The van der Waals surface area contributed by atoms with Crippen molar-refractivity contribution in [3.63, 3.8) is 0 Å². The van der Waals surface area contributed by atoms with Gasteiger partial charge in [0.15, 0.2) is 0 Å². The lowest BCUT2D eigenvalue weighted by Crippen LogP contribution is -2.25. The van der Waals surface area contributed by atoms with Gasteiger partial charge in [-0.2, -0.15) is 0 Å². The predicted octanol–water partition coefficient (Wildman–Crippen LogP) is 3.98. The van der Waals surface area contributed by atoms with Crippen LogP contribution in [0.2, 0.25) is 5.02 Å². The van der Waals surface area contributed by atoms with Crippen molar-refractivity contribution in [1.82, 2.24) is 15.5 Å². The maximum atomic E-state index is 12.2. The van der Waals surface area contributed by atoms with Gasteiger partial charge in [-0.15, -0.1) is 10.2 Å². The summed E-state index contributed by atoms with van der Waals surface area (Å²) >= 11 is 5.86. The number of aryl methyl sites for hydroxylation is 2. The number of carbonyl (C=O) groups is 1. The molecule has 0 aliphatic carbocycles. The van der Waals surface area contributed by atoms with Crippen LogP contribution in [0.5, 0.6) is 0 Å². The van der Waals surface area contributed by atoms with Gasteiger partial charge in [-0.1, -0.05) is 17.7 Å². The molecule has 0 aliphatic rings. The fourth-order valence-corrected chi connectivity index (χ4v) is 2.46. The van der Waals surface area contributed by atoms with E-state index < -0.39 is 0 Å². The van der Waals surface area contributed by atoms with E-state index in [9.17, 15) is 4.79 Å². The van der Waals surface area contributed by atoms with Crippen molar-refractivity contribution in [3.8, 4) is 11.5 Å². The zero-order valence-electron chi connectivity index (χ0n) is 14.0. The third kappa shape index (κ3) is 4.25. The molecule has 2 aromatic carbocycles. The third-order valence-electron chi connectivity index (χ3n) is 3.95. The van der Waals surface area contributed by atoms with Crippen molar-refractivity contribution in [1.29, 1.82) is 0 Å². The quantitative estimate of drug-likeness (QED) is 0.751. The summed E-state index contributed by atoms with van der Waals surface area (Å²) in [6, 6.07) is 12.8. The Kier molecular flexibility index (Phi) is 5.14. The molecule has 1 N–H and O–H groups in total. The molecular weight excluding hydrogens is 338 g/mol. The van der Waals surface area contributed by atoms with Gasteiger partial charge in [0.25, 0.3) is 5.91 Å². The first-order valence-electron chi connectivity index (χ1n) is 7.97. The molecule has 0 radical (unpaired) electrons. The molecule has 0 bridgehead atoms. The summed E-state index contributed by atoms with van der Waals surface area (Å²) in [6.45, 7) is 4.43. The highest BCUT2D eigenvalue weighted by molar-refractivity contribution is 6.30. The van der Waals surface area contributed by atoms with E-state index in [1.165, 1.54) is 0 Å². The van der Waals surface area contributed by atoms with Crippen molar-refractivity contribution in [2.45, 2.75) is 20.3 Å². The number of hydrogen-bond donors (Lipinski definition) is 1. The van der Waals surface area contributed by atoms with Crippen molar-refractivity contribution in [2.24, 2.45) is 0 Å². The van der Waals surface area contributed by atoms with Crippen molar-refractivity contribution < 1.29 is 9.21 Å². The van der Waals surface area contributed by atoms with Crippen LogP contribution < -0.4 is 5.32 Å². The Labute approximate surface area is 151 Å². The highest BCUT2D eigenvalue weighted by Crippen LogP contribution is 2.20. The highest BCUT2D eigenvalue weighted by Gasteiger charge is 2.10. The van der Waals surface area contributed by atoms with Crippen LogP contribution in [-0.2, 0) is 6.42 Å². The molecular formula is C19H18ClN3O2. The summed E-state index contributed by atoms with van der Waals surface area (Å²) in [6.07, 6.45) is 0.469. The number of carbonyl (C=O) groups excluding carboxylic acids is 1. The smallest absolute Gasteiger partial charge is 0.251 e. The second kappa shape index (κ2) is 7.49. The van der Waals surface area contributed by atoms with E-state index in [0.29, 0.717) is 35.3 Å². The van der Waals surface area contributed by atoms with Crippen LogP contribution in [0.3, 0.4) is 0 Å². The van der Waals surface area contributed by atoms with Gasteiger partial charge < -0.3 is 9.73 Å². The molecule has 5 nitrogen and oxygen atoms in total. The SMILES string of the molecule is Cc1ccc(C(=O)NCCc2nnc(-c3ccc(Cl)cc3)o2)cc1C. The molecule has 0 saturated heterocycles. The molecule has 1 aromatic heterocycles. The fraction of sp³-hybridized carbons (Fsp3) is 0.211. The Balaban J connectivity index is 1.56. The van der Waals surface area contributed by atoms with E-state index in [2.05, 4.69) is 15.5 Å². The van der Waals surface area contributed by atoms with E-state index in [4.69, 9.17) is 16.0 Å². The van der Waals surface area contributed by atoms with Crippen molar-refractivity contribution in [2.75, 3.05) is 6.54 Å². The van der Waals surface area contributed by atoms with E-state index >= 15 is 0 Å². The minimum atomic E-state index is -0.111. The Hall–Kier alpha value is -2.66. The van der Waals surface area contributed by atoms with Gasteiger partial charge in [-0.05, 0) is 61.4 Å². The molecule has 25 heavy (non-hydrogen) atoms. The van der Waals surface area contributed by atoms with Gasteiger partial charge in [0.2, 0.25) is 11.8 Å². The molecule has 1 amide bonds. The first-order valence-corrected chi connectivity index (χ1v) is 8.34. The number of aromatic nitrogens is 2. The first-order chi connectivity index (χ1) is 12.0. The van der Waals surface area contributed by atoms with Crippen LogP contribution in [0, 0.1) is 13.8 Å². The minimum absolute atomic E-state index is 0.111. The largest absolute Gasteiger partial charge is 0.421 e.